The fourth-order valence-corrected chi connectivity index (χ4v) is 5.81. The maximum atomic E-state index is 12.7. The second kappa shape index (κ2) is 9.15. The summed E-state index contributed by atoms with van der Waals surface area (Å²) in [7, 11) is 0. The molecule has 5 aromatic rings. The highest BCUT2D eigenvalue weighted by Crippen LogP contribution is 2.45. The van der Waals surface area contributed by atoms with Crippen LogP contribution < -0.4 is 4.74 Å². The number of aromatic nitrogens is 3. The van der Waals surface area contributed by atoms with E-state index in [1.54, 1.807) is 11.7 Å². The molecule has 1 unspecified atom stereocenters. The number of aliphatic carboxylic acids is 1. The number of thiazole rings is 1. The fraction of sp³-hybridized carbons (Fsp3) is 0.267. The van der Waals surface area contributed by atoms with Crippen LogP contribution in [0.2, 0.25) is 0 Å². The minimum atomic E-state index is -1.18. The van der Waals surface area contributed by atoms with Gasteiger partial charge in [-0.1, -0.05) is 0 Å². The first-order valence-corrected chi connectivity index (χ1v) is 13.4. The van der Waals surface area contributed by atoms with Crippen molar-refractivity contribution in [3.8, 4) is 27.4 Å². The molecule has 0 bridgehead atoms. The first-order valence-electron chi connectivity index (χ1n) is 12.5. The van der Waals surface area contributed by atoms with E-state index in [-0.39, 0.29) is 0 Å². The molecule has 0 saturated carbocycles. The van der Waals surface area contributed by atoms with Crippen LogP contribution in [0, 0.1) is 6.92 Å². The number of aryl methyl sites for hydroxylation is 1. The Labute approximate surface area is 224 Å². The Morgan fingerprint density at radius 1 is 1.18 bits per heavy atom. The molecule has 0 amide bonds. The van der Waals surface area contributed by atoms with E-state index in [9.17, 15) is 9.90 Å². The number of ether oxygens (including phenoxy) is 2. The van der Waals surface area contributed by atoms with Crippen LogP contribution in [-0.2, 0) is 16.0 Å². The van der Waals surface area contributed by atoms with E-state index in [2.05, 4.69) is 4.98 Å². The zero-order valence-electron chi connectivity index (χ0n) is 21.6. The number of nitrogens with zero attached hydrogens (tertiary/aromatic N) is 3. The minimum absolute atomic E-state index is 0.603. The van der Waals surface area contributed by atoms with Gasteiger partial charge in [-0.2, -0.15) is 0 Å². The Morgan fingerprint density at radius 3 is 2.76 bits per heavy atom. The number of benzene rings is 2. The van der Waals surface area contributed by atoms with Crippen LogP contribution in [0.4, 0.5) is 0 Å². The molecule has 4 heterocycles. The lowest BCUT2D eigenvalue weighted by Gasteiger charge is -2.29. The zero-order valence-corrected chi connectivity index (χ0v) is 22.4. The van der Waals surface area contributed by atoms with Crippen LogP contribution in [0.5, 0.6) is 5.75 Å². The van der Waals surface area contributed by atoms with Crippen molar-refractivity contribution in [1.29, 1.82) is 0 Å². The molecule has 3 aromatic heterocycles. The summed E-state index contributed by atoms with van der Waals surface area (Å²) >= 11 is 1.53. The van der Waals surface area contributed by atoms with Crippen LogP contribution in [-0.4, -0.2) is 38.2 Å². The molecule has 0 spiro atoms. The minimum Gasteiger partial charge on any atom is -0.493 e. The second-order valence-electron chi connectivity index (χ2n) is 10.5. The van der Waals surface area contributed by atoms with Gasteiger partial charge in [-0.3, -0.25) is 9.97 Å². The van der Waals surface area contributed by atoms with Crippen LogP contribution in [0.25, 0.3) is 43.5 Å². The highest BCUT2D eigenvalue weighted by molar-refractivity contribution is 7.13. The predicted molar refractivity (Wildman–Crippen MR) is 149 cm³/mol. The number of rotatable bonds is 5. The lowest BCUT2D eigenvalue weighted by molar-refractivity contribution is -0.160. The van der Waals surface area contributed by atoms with Gasteiger partial charge in [0.15, 0.2) is 6.10 Å². The highest BCUT2D eigenvalue weighted by atomic mass is 32.1. The van der Waals surface area contributed by atoms with E-state index in [0.29, 0.717) is 12.2 Å². The van der Waals surface area contributed by atoms with Gasteiger partial charge in [-0.15, -0.1) is 11.3 Å². The molecular formula is C30H27N3O4S. The molecule has 0 radical (unpaired) electrons. The van der Waals surface area contributed by atoms with Crippen molar-refractivity contribution in [2.24, 2.45) is 0 Å². The second-order valence-corrected chi connectivity index (χ2v) is 11.3. The van der Waals surface area contributed by atoms with Gasteiger partial charge in [-0.25, -0.2) is 9.78 Å². The van der Waals surface area contributed by atoms with Gasteiger partial charge in [0.2, 0.25) is 0 Å². The first kappa shape index (κ1) is 24.5. The Balaban J connectivity index is 1.71. The normalized spacial score (nSPS) is 14.0. The molecule has 192 valence electrons. The molecule has 0 saturated heterocycles. The zero-order chi connectivity index (χ0) is 26.6. The summed E-state index contributed by atoms with van der Waals surface area (Å²) in [5, 5.41) is 12.2. The Kier molecular flexibility index (Phi) is 5.89. The largest absolute Gasteiger partial charge is 0.493 e. The molecule has 8 heteroatoms. The quantitative estimate of drug-likeness (QED) is 0.271. The van der Waals surface area contributed by atoms with E-state index >= 15 is 0 Å². The summed E-state index contributed by atoms with van der Waals surface area (Å²) in [5.41, 5.74) is 7.63. The Hall–Kier alpha value is -3.88. The molecule has 0 fully saturated rings. The van der Waals surface area contributed by atoms with Crippen molar-refractivity contribution in [2.75, 3.05) is 6.61 Å². The fourth-order valence-electron chi connectivity index (χ4n) is 5.22. The van der Waals surface area contributed by atoms with Gasteiger partial charge < -0.3 is 14.6 Å². The summed E-state index contributed by atoms with van der Waals surface area (Å²) < 4.78 is 12.1. The standard InChI is InChI=1S/C30H27N3O4S/c1-16-13-21-18(5-7-20(33-21)23-14-31-15-38-23)26(24(16)28(29(34)35)37-30(2,3)4)19-6-8-22-25-17(10-12-36-22)9-11-32-27(19)25/h5-9,11,13-15,28H,10,12H2,1-4H3,(H,34,35). The third kappa shape index (κ3) is 4.19. The maximum Gasteiger partial charge on any atom is 0.337 e. The van der Waals surface area contributed by atoms with E-state index in [4.69, 9.17) is 19.4 Å². The molecule has 2 aromatic carbocycles. The van der Waals surface area contributed by atoms with Gasteiger partial charge in [0, 0.05) is 40.7 Å². The molecule has 1 N–H and O–H groups in total. The van der Waals surface area contributed by atoms with Gasteiger partial charge in [-0.05, 0) is 80.8 Å². The van der Waals surface area contributed by atoms with Crippen molar-refractivity contribution in [3.05, 3.63) is 71.0 Å². The smallest absolute Gasteiger partial charge is 0.337 e. The summed E-state index contributed by atoms with van der Waals surface area (Å²) in [5.74, 6) is -0.250. The number of fused-ring (bicyclic) bond motifs is 1. The molecule has 1 aliphatic heterocycles. The summed E-state index contributed by atoms with van der Waals surface area (Å²) in [6, 6.07) is 11.9. The molecule has 0 aliphatic carbocycles. The Bertz CT molecular complexity index is 1700. The molecule has 1 atom stereocenters. The van der Waals surface area contributed by atoms with Crippen molar-refractivity contribution in [2.45, 2.75) is 45.8 Å². The maximum absolute atomic E-state index is 12.7. The lowest BCUT2D eigenvalue weighted by atomic mass is 9.86. The number of carboxylic acid groups (broad SMARTS) is 1. The summed E-state index contributed by atoms with van der Waals surface area (Å²) in [6.07, 6.45) is 3.22. The van der Waals surface area contributed by atoms with Crippen molar-refractivity contribution >= 4 is 39.1 Å². The number of carbonyl (C=O) groups is 1. The van der Waals surface area contributed by atoms with Crippen molar-refractivity contribution in [3.63, 3.8) is 0 Å². The van der Waals surface area contributed by atoms with Crippen LogP contribution in [0.3, 0.4) is 0 Å². The Morgan fingerprint density at radius 2 is 2.03 bits per heavy atom. The molecule has 7 nitrogen and oxygen atoms in total. The molecular weight excluding hydrogens is 498 g/mol. The predicted octanol–water partition coefficient (Wildman–Crippen LogP) is 6.76. The van der Waals surface area contributed by atoms with E-state index in [1.807, 2.05) is 70.3 Å². The third-order valence-corrected chi connectivity index (χ3v) is 7.52. The summed E-state index contributed by atoms with van der Waals surface area (Å²) in [6.45, 7) is 8.13. The highest BCUT2D eigenvalue weighted by Gasteiger charge is 2.33. The van der Waals surface area contributed by atoms with Crippen LogP contribution in [0.1, 0.15) is 43.6 Å². The van der Waals surface area contributed by atoms with Crippen molar-refractivity contribution in [1.82, 2.24) is 15.0 Å². The van der Waals surface area contributed by atoms with Gasteiger partial charge in [0.1, 0.15) is 5.75 Å². The van der Waals surface area contributed by atoms with Gasteiger partial charge in [0.25, 0.3) is 0 Å². The number of pyridine rings is 2. The number of hydrogen-bond donors (Lipinski definition) is 1. The first-order chi connectivity index (χ1) is 18.2. The average Bonchev–Trinajstić information content (AvgIpc) is 3.42. The third-order valence-electron chi connectivity index (χ3n) is 6.72. The number of hydrogen-bond acceptors (Lipinski definition) is 7. The topological polar surface area (TPSA) is 94.4 Å². The van der Waals surface area contributed by atoms with Gasteiger partial charge >= 0.3 is 5.97 Å². The molecule has 1 aliphatic rings. The average molecular weight is 526 g/mol. The SMILES string of the molecule is Cc1cc2nc(-c3cncs3)ccc2c(-c2ccc3c4c(ccnc24)CCO3)c1C(OC(C)(C)C)C(=O)O. The monoisotopic (exact) mass is 525 g/mol. The van der Waals surface area contributed by atoms with Gasteiger partial charge in [0.05, 0.1) is 39.3 Å². The molecule has 6 rings (SSSR count). The van der Waals surface area contributed by atoms with Crippen molar-refractivity contribution < 1.29 is 19.4 Å². The van der Waals surface area contributed by atoms with Crippen LogP contribution in [0.15, 0.2) is 54.3 Å². The van der Waals surface area contributed by atoms with E-state index in [0.717, 1.165) is 61.2 Å². The van der Waals surface area contributed by atoms with Crippen LogP contribution >= 0.6 is 11.3 Å². The summed E-state index contributed by atoms with van der Waals surface area (Å²) in [4.78, 5) is 27.6. The number of carboxylic acids is 1. The molecule has 38 heavy (non-hydrogen) atoms. The van der Waals surface area contributed by atoms with E-state index < -0.39 is 17.7 Å². The lowest BCUT2D eigenvalue weighted by Crippen LogP contribution is -2.28. The van der Waals surface area contributed by atoms with E-state index in [1.165, 1.54) is 16.9 Å².